The topological polar surface area (TPSA) is 3.24 Å². The molecule has 11 heavy (non-hydrogen) atoms. The van der Waals surface area contributed by atoms with Crippen LogP contribution in [-0.2, 0) is 63.8 Å². The van der Waals surface area contributed by atoms with Crippen LogP contribution in [0.2, 0.25) is 0 Å². The Morgan fingerprint density at radius 2 is 1.18 bits per heavy atom. The number of nitrogens with zero attached hydrogens (tertiary/aromatic N) is 1. The van der Waals surface area contributed by atoms with Crippen LogP contribution in [0.4, 0.5) is 0 Å². The van der Waals surface area contributed by atoms with E-state index in [-0.39, 0.29) is 76.0 Å². The smallest absolute Gasteiger partial charge is 1.00 e. The molecule has 0 saturated carbocycles. The summed E-state index contributed by atoms with van der Waals surface area (Å²) in [6.07, 6.45) is 0. The molecule has 0 heterocycles. The molecule has 0 aromatic heterocycles. The van der Waals surface area contributed by atoms with Gasteiger partial charge in [0.15, 0.2) is 0 Å². The van der Waals surface area contributed by atoms with Crippen molar-refractivity contribution in [2.45, 2.75) is 0 Å². The van der Waals surface area contributed by atoms with Gasteiger partial charge in [0.1, 0.15) is 0 Å². The normalized spacial score (nSPS) is 4.18. The quantitative estimate of drug-likeness (QED) is 0.234. The van der Waals surface area contributed by atoms with Crippen molar-refractivity contribution < 1.29 is 76.0 Å². The minimum Gasteiger partial charge on any atom is -1.00 e. The molecule has 0 aromatic carbocycles. The van der Waals surface area contributed by atoms with Gasteiger partial charge in [-0.05, 0) is 0 Å². The number of thiocarbonyl (C=S) groups is 1. The first-order chi connectivity index (χ1) is 2.64. The molecule has 0 amide bonds. The zero-order chi connectivity index (χ0) is 5.15. The van der Waals surface area contributed by atoms with E-state index in [2.05, 4.69) is 24.8 Å². The SMILES string of the molecule is CN(C)C(=S)[S-].[Cl-].[Cl-].[Cu+2].[Cu+2].[Cu+2]. The minimum atomic E-state index is 0. The van der Waals surface area contributed by atoms with E-state index in [1.54, 1.807) is 4.90 Å². The summed E-state index contributed by atoms with van der Waals surface area (Å²) in [6.45, 7) is 0. The summed E-state index contributed by atoms with van der Waals surface area (Å²) in [5, 5.41) is 0. The van der Waals surface area contributed by atoms with E-state index in [0.29, 0.717) is 4.32 Å². The van der Waals surface area contributed by atoms with Gasteiger partial charge in [0.2, 0.25) is 0 Å². The molecule has 0 aliphatic rings. The summed E-state index contributed by atoms with van der Waals surface area (Å²) >= 11 is 9.12. The van der Waals surface area contributed by atoms with Crippen LogP contribution >= 0.6 is 12.2 Å². The average molecular weight is 382 g/mol. The Balaban J connectivity index is -0.0000000125. The van der Waals surface area contributed by atoms with E-state index in [4.69, 9.17) is 0 Å². The molecule has 0 aromatic rings. The molecule has 0 atom stereocenters. The van der Waals surface area contributed by atoms with E-state index in [1.807, 2.05) is 14.1 Å². The van der Waals surface area contributed by atoms with E-state index >= 15 is 0 Å². The first-order valence-electron chi connectivity index (χ1n) is 1.53. The molecule has 1 nitrogen and oxygen atoms in total. The van der Waals surface area contributed by atoms with Gasteiger partial charge < -0.3 is 54.6 Å². The summed E-state index contributed by atoms with van der Waals surface area (Å²) in [5.74, 6) is 0. The summed E-state index contributed by atoms with van der Waals surface area (Å²) in [5.41, 5.74) is 0. The van der Waals surface area contributed by atoms with Crippen molar-refractivity contribution >= 4 is 29.2 Å². The van der Waals surface area contributed by atoms with Crippen molar-refractivity contribution in [3.05, 3.63) is 0 Å². The van der Waals surface area contributed by atoms with Crippen molar-refractivity contribution in [1.29, 1.82) is 0 Å². The maximum Gasteiger partial charge on any atom is 2.00 e. The Bertz CT molecular complexity index is 75.6. The maximum atomic E-state index is 4.56. The maximum absolute atomic E-state index is 4.56. The van der Waals surface area contributed by atoms with Crippen molar-refractivity contribution in [3.8, 4) is 0 Å². The van der Waals surface area contributed by atoms with Crippen molar-refractivity contribution in [1.82, 2.24) is 4.90 Å². The minimum absolute atomic E-state index is 0. The molecule has 79 valence electrons. The standard InChI is InChI=1S/C3H7NS2.2ClH.3Cu/c1-4(2)3(5)6;;;;;/h1-2H3,(H,5,6);2*1H;;;/q;;;3*+2/p-3. The van der Waals surface area contributed by atoms with Gasteiger partial charge in [0.05, 0.1) is 0 Å². The van der Waals surface area contributed by atoms with Gasteiger partial charge in [-0.15, -0.1) is 0 Å². The molecule has 0 spiro atoms. The van der Waals surface area contributed by atoms with Gasteiger partial charge >= 0.3 is 51.2 Å². The monoisotopic (exact) mass is 379 g/mol. The molecule has 8 heteroatoms. The van der Waals surface area contributed by atoms with Crippen molar-refractivity contribution in [2.24, 2.45) is 0 Å². The molecule has 0 aliphatic carbocycles. The zero-order valence-electron chi connectivity index (χ0n) is 5.42. The number of hydrogen-bond donors (Lipinski definition) is 0. The van der Waals surface area contributed by atoms with Crippen molar-refractivity contribution in [2.75, 3.05) is 14.1 Å². The molecule has 0 fully saturated rings. The van der Waals surface area contributed by atoms with Crippen LogP contribution in [0.5, 0.6) is 0 Å². The Morgan fingerprint density at radius 1 is 1.09 bits per heavy atom. The molecule has 0 aliphatic heterocycles. The number of hydrogen-bond acceptors (Lipinski definition) is 2. The molecule has 0 rings (SSSR count). The molecular formula is C3H6Cl2Cu3NS2+3. The van der Waals surface area contributed by atoms with Crippen LogP contribution in [0.3, 0.4) is 0 Å². The number of rotatable bonds is 0. The predicted octanol–water partition coefficient (Wildman–Crippen LogP) is -5.62. The zero-order valence-corrected chi connectivity index (χ0v) is 11.4. The summed E-state index contributed by atoms with van der Waals surface area (Å²) in [7, 11) is 3.66. The largest absolute Gasteiger partial charge is 2.00 e. The van der Waals surface area contributed by atoms with Gasteiger partial charge in [0.25, 0.3) is 0 Å². The summed E-state index contributed by atoms with van der Waals surface area (Å²) < 4.78 is 0.509. The Hall–Kier alpha value is 2.25. The van der Waals surface area contributed by atoms with Crippen LogP contribution in [-0.4, -0.2) is 23.3 Å². The number of halogens is 2. The molecule has 0 saturated heterocycles. The van der Waals surface area contributed by atoms with Gasteiger partial charge in [0, 0.05) is 14.1 Å². The molecule has 3 radical (unpaired) electrons. The molecule has 0 unspecified atom stereocenters. The second-order valence-electron chi connectivity index (χ2n) is 1.16. The first kappa shape index (κ1) is 37.8. The molecular weight excluding hydrogens is 376 g/mol. The van der Waals surface area contributed by atoms with Crippen LogP contribution in [0, 0.1) is 0 Å². The Labute approximate surface area is 123 Å². The van der Waals surface area contributed by atoms with Crippen LogP contribution in [0.1, 0.15) is 0 Å². The fourth-order valence-corrected chi connectivity index (χ4v) is 0. The third kappa shape index (κ3) is 32.9. The fraction of sp³-hybridized carbons (Fsp3) is 0.667. The van der Waals surface area contributed by atoms with Crippen LogP contribution < -0.4 is 24.8 Å². The third-order valence-corrected chi connectivity index (χ3v) is 1.10. The van der Waals surface area contributed by atoms with E-state index in [9.17, 15) is 0 Å². The van der Waals surface area contributed by atoms with E-state index in [0.717, 1.165) is 0 Å². The van der Waals surface area contributed by atoms with Gasteiger partial charge in [-0.3, -0.25) is 0 Å². The predicted molar refractivity (Wildman–Crippen MR) is 33.6 cm³/mol. The van der Waals surface area contributed by atoms with Crippen molar-refractivity contribution in [3.63, 3.8) is 0 Å². The molecule has 0 bridgehead atoms. The van der Waals surface area contributed by atoms with Crippen LogP contribution in [0.15, 0.2) is 0 Å². The third-order valence-electron chi connectivity index (χ3n) is 0.365. The second-order valence-corrected chi connectivity index (χ2v) is 2.19. The Kier molecular flexibility index (Phi) is 78.3. The van der Waals surface area contributed by atoms with E-state index < -0.39 is 0 Å². The molecule has 0 N–H and O–H groups in total. The summed E-state index contributed by atoms with van der Waals surface area (Å²) in [6, 6.07) is 0. The van der Waals surface area contributed by atoms with Gasteiger partial charge in [-0.2, -0.15) is 0 Å². The first-order valence-corrected chi connectivity index (χ1v) is 2.34. The fourth-order valence-electron chi connectivity index (χ4n) is 0. The Morgan fingerprint density at radius 3 is 1.18 bits per heavy atom. The second kappa shape index (κ2) is 22.8. The average Bonchev–Trinajstić information content (AvgIpc) is 1.36. The van der Waals surface area contributed by atoms with Gasteiger partial charge in [-0.1, -0.05) is 4.32 Å². The summed E-state index contributed by atoms with van der Waals surface area (Å²) in [4.78, 5) is 1.71. The van der Waals surface area contributed by atoms with E-state index in [1.165, 1.54) is 0 Å². The van der Waals surface area contributed by atoms with Crippen LogP contribution in [0.25, 0.3) is 0 Å². The van der Waals surface area contributed by atoms with Gasteiger partial charge in [-0.25, -0.2) is 0 Å².